The normalized spacial score (nSPS) is 23.5. The van der Waals surface area contributed by atoms with E-state index in [1.165, 1.54) is 0 Å². The molecule has 0 saturated carbocycles. The minimum absolute atomic E-state index is 0.0157. The first-order chi connectivity index (χ1) is 7.79. The molecule has 0 aromatic rings. The molecular weight excluding hydrogens is 242 g/mol. The molecule has 1 N–H and O–H groups in total. The van der Waals surface area contributed by atoms with Crippen molar-refractivity contribution in [3.05, 3.63) is 0 Å². The van der Waals surface area contributed by atoms with E-state index in [2.05, 4.69) is 0 Å². The van der Waals surface area contributed by atoms with E-state index >= 15 is 0 Å². The van der Waals surface area contributed by atoms with E-state index in [-0.39, 0.29) is 11.9 Å². The fraction of sp³-hybridized carbons (Fsp3) is 0.909. The molecule has 5 nitrogen and oxygen atoms in total. The first-order valence-electron chi connectivity index (χ1n) is 5.95. The first kappa shape index (κ1) is 14.4. The maximum absolute atomic E-state index is 11.9. The average Bonchev–Trinajstić information content (AvgIpc) is 2.14. The number of likely N-dealkylation sites (tertiary alicyclic amines) is 1. The minimum atomic E-state index is -3.28. The fourth-order valence-electron chi connectivity index (χ4n) is 2.27. The number of rotatable bonds is 4. The van der Waals surface area contributed by atoms with Crippen molar-refractivity contribution < 1.29 is 18.3 Å². The van der Waals surface area contributed by atoms with Gasteiger partial charge in [-0.3, -0.25) is 4.79 Å². The number of aliphatic hydroxyl groups is 1. The molecule has 0 radical (unpaired) electrons. The smallest absolute Gasteiger partial charge is 0.238 e. The molecule has 0 aromatic carbocycles. The molecule has 2 atom stereocenters. The Morgan fingerprint density at radius 3 is 2.65 bits per heavy atom. The molecule has 1 saturated heterocycles. The average molecular weight is 263 g/mol. The third-order valence-electron chi connectivity index (χ3n) is 2.95. The van der Waals surface area contributed by atoms with Gasteiger partial charge in [-0.25, -0.2) is 8.42 Å². The predicted octanol–water partition coefficient (Wildman–Crippen LogP) is 0.183. The molecule has 0 spiro atoms. The summed E-state index contributed by atoms with van der Waals surface area (Å²) in [6.45, 7) is 2.29. The van der Waals surface area contributed by atoms with Crippen molar-refractivity contribution in [2.45, 2.75) is 44.8 Å². The summed E-state index contributed by atoms with van der Waals surface area (Å²) in [6, 6.07) is -0.0157. The van der Waals surface area contributed by atoms with Gasteiger partial charge in [0.25, 0.3) is 0 Å². The highest BCUT2D eigenvalue weighted by Crippen LogP contribution is 2.21. The Bertz CT molecular complexity index is 364. The molecule has 1 rings (SSSR count). The first-order valence-corrected chi connectivity index (χ1v) is 8.01. The number of piperidine rings is 1. The molecule has 1 heterocycles. The van der Waals surface area contributed by atoms with Crippen molar-refractivity contribution in [2.24, 2.45) is 0 Å². The summed E-state index contributed by atoms with van der Waals surface area (Å²) in [4.78, 5) is 13.5. The Morgan fingerprint density at radius 1 is 1.47 bits per heavy atom. The van der Waals surface area contributed by atoms with Gasteiger partial charge in [-0.05, 0) is 32.6 Å². The van der Waals surface area contributed by atoms with Crippen LogP contribution in [-0.2, 0) is 14.6 Å². The summed E-state index contributed by atoms with van der Waals surface area (Å²) in [5.74, 6) is -0.763. The van der Waals surface area contributed by atoms with E-state index in [1.807, 2.05) is 0 Å². The number of carbonyl (C=O) groups is 1. The molecule has 0 aliphatic carbocycles. The molecule has 1 fully saturated rings. The maximum Gasteiger partial charge on any atom is 0.238 e. The molecule has 1 aliphatic rings. The van der Waals surface area contributed by atoms with Crippen LogP contribution in [0, 0.1) is 0 Å². The number of aliphatic hydroxyl groups excluding tert-OH is 1. The Balaban J connectivity index is 2.67. The van der Waals surface area contributed by atoms with Crippen LogP contribution in [0.1, 0.15) is 32.6 Å². The predicted molar refractivity (Wildman–Crippen MR) is 65.4 cm³/mol. The molecule has 100 valence electrons. The number of nitrogens with zero attached hydrogens (tertiary/aromatic N) is 1. The van der Waals surface area contributed by atoms with Gasteiger partial charge < -0.3 is 10.0 Å². The largest absolute Gasteiger partial charge is 0.393 e. The molecule has 0 bridgehead atoms. The SMILES string of the molecule is CC(O)CC1CCCCN1C(=O)CS(C)(=O)=O. The van der Waals surface area contributed by atoms with E-state index < -0.39 is 21.7 Å². The van der Waals surface area contributed by atoms with Crippen molar-refractivity contribution in [3.63, 3.8) is 0 Å². The lowest BCUT2D eigenvalue weighted by atomic mass is 9.97. The highest BCUT2D eigenvalue weighted by atomic mass is 32.2. The fourth-order valence-corrected chi connectivity index (χ4v) is 2.89. The van der Waals surface area contributed by atoms with Crippen molar-refractivity contribution in [2.75, 3.05) is 18.6 Å². The van der Waals surface area contributed by atoms with Crippen molar-refractivity contribution >= 4 is 15.7 Å². The highest BCUT2D eigenvalue weighted by molar-refractivity contribution is 7.91. The summed E-state index contributed by atoms with van der Waals surface area (Å²) < 4.78 is 22.2. The lowest BCUT2D eigenvalue weighted by Crippen LogP contribution is -2.47. The number of hydrogen-bond donors (Lipinski definition) is 1. The van der Waals surface area contributed by atoms with Gasteiger partial charge in [0.15, 0.2) is 9.84 Å². The topological polar surface area (TPSA) is 74.7 Å². The van der Waals surface area contributed by atoms with E-state index in [0.717, 1.165) is 25.5 Å². The standard InChI is InChI=1S/C11H21NO4S/c1-9(13)7-10-5-3-4-6-12(10)11(14)8-17(2,15)16/h9-10,13H,3-8H2,1-2H3. The van der Waals surface area contributed by atoms with Crippen LogP contribution in [0.3, 0.4) is 0 Å². The monoisotopic (exact) mass is 263 g/mol. The van der Waals surface area contributed by atoms with E-state index in [4.69, 9.17) is 0 Å². The van der Waals surface area contributed by atoms with Gasteiger partial charge in [-0.1, -0.05) is 0 Å². The lowest BCUT2D eigenvalue weighted by molar-refractivity contribution is -0.132. The third-order valence-corrected chi connectivity index (χ3v) is 3.72. The van der Waals surface area contributed by atoms with E-state index in [9.17, 15) is 18.3 Å². The molecule has 2 unspecified atom stereocenters. The molecule has 17 heavy (non-hydrogen) atoms. The highest BCUT2D eigenvalue weighted by Gasteiger charge is 2.28. The number of amides is 1. The molecular formula is C11H21NO4S. The van der Waals surface area contributed by atoms with Crippen LogP contribution in [0.25, 0.3) is 0 Å². The zero-order chi connectivity index (χ0) is 13.1. The van der Waals surface area contributed by atoms with Crippen LogP contribution < -0.4 is 0 Å². The Morgan fingerprint density at radius 2 is 2.12 bits per heavy atom. The lowest BCUT2D eigenvalue weighted by Gasteiger charge is -2.36. The van der Waals surface area contributed by atoms with Gasteiger partial charge in [0, 0.05) is 18.8 Å². The maximum atomic E-state index is 11.9. The summed E-state index contributed by atoms with van der Waals surface area (Å²) in [5.41, 5.74) is 0. The zero-order valence-corrected chi connectivity index (χ0v) is 11.2. The van der Waals surface area contributed by atoms with Gasteiger partial charge in [-0.2, -0.15) is 0 Å². The Hall–Kier alpha value is -0.620. The van der Waals surface area contributed by atoms with Crippen LogP contribution in [0.2, 0.25) is 0 Å². The van der Waals surface area contributed by atoms with Crippen LogP contribution >= 0.6 is 0 Å². The van der Waals surface area contributed by atoms with Gasteiger partial charge in [-0.15, -0.1) is 0 Å². The summed E-state index contributed by atoms with van der Waals surface area (Å²) in [5, 5.41) is 9.38. The summed E-state index contributed by atoms with van der Waals surface area (Å²) in [7, 11) is -3.28. The van der Waals surface area contributed by atoms with Gasteiger partial charge >= 0.3 is 0 Å². The summed E-state index contributed by atoms with van der Waals surface area (Å²) in [6.07, 6.45) is 3.91. The van der Waals surface area contributed by atoms with Gasteiger partial charge in [0.1, 0.15) is 5.75 Å². The Labute approximate surface area is 103 Å². The van der Waals surface area contributed by atoms with Crippen LogP contribution in [0.4, 0.5) is 0 Å². The second-order valence-corrected chi connectivity index (χ2v) is 7.03. The van der Waals surface area contributed by atoms with Crippen molar-refractivity contribution in [1.82, 2.24) is 4.90 Å². The number of sulfone groups is 1. The second kappa shape index (κ2) is 5.82. The van der Waals surface area contributed by atoms with Gasteiger partial charge in [0.05, 0.1) is 6.10 Å². The van der Waals surface area contributed by atoms with Crippen LogP contribution in [0.15, 0.2) is 0 Å². The van der Waals surface area contributed by atoms with Crippen LogP contribution in [-0.4, -0.2) is 55.0 Å². The Kier molecular flexibility index (Phi) is 4.94. The van der Waals surface area contributed by atoms with Crippen molar-refractivity contribution in [3.8, 4) is 0 Å². The molecule has 0 aromatic heterocycles. The molecule has 1 amide bonds. The van der Waals surface area contributed by atoms with E-state index in [0.29, 0.717) is 13.0 Å². The number of carbonyl (C=O) groups excluding carboxylic acids is 1. The molecule has 1 aliphatic heterocycles. The second-order valence-electron chi connectivity index (χ2n) is 4.89. The minimum Gasteiger partial charge on any atom is -0.393 e. The molecule has 6 heteroatoms. The third kappa shape index (κ3) is 5.04. The van der Waals surface area contributed by atoms with E-state index in [1.54, 1.807) is 11.8 Å². The summed E-state index contributed by atoms with van der Waals surface area (Å²) >= 11 is 0. The van der Waals surface area contributed by atoms with Gasteiger partial charge in [0.2, 0.25) is 5.91 Å². The number of hydrogen-bond acceptors (Lipinski definition) is 4. The zero-order valence-electron chi connectivity index (χ0n) is 10.4. The van der Waals surface area contributed by atoms with Crippen molar-refractivity contribution in [1.29, 1.82) is 0 Å². The quantitative estimate of drug-likeness (QED) is 0.785. The van der Waals surface area contributed by atoms with Crippen LogP contribution in [0.5, 0.6) is 0 Å².